The summed E-state index contributed by atoms with van der Waals surface area (Å²) in [6.07, 6.45) is 0.919. The number of carbonyl (C=O) groups is 1. The van der Waals surface area contributed by atoms with E-state index in [9.17, 15) is 9.59 Å². The molecule has 1 amide bonds. The SMILES string of the molecule is CCc1nc2ccccc2c(=O)n1Cc1noc([C@H]2CC(=O)N(c3ccccc3)C2)n1. The van der Waals surface area contributed by atoms with Crippen LogP contribution >= 0.6 is 0 Å². The quantitative estimate of drug-likeness (QED) is 0.497. The smallest absolute Gasteiger partial charge is 0.261 e. The van der Waals surface area contributed by atoms with Crippen LogP contribution in [0.5, 0.6) is 0 Å². The Labute approximate surface area is 178 Å². The molecule has 1 saturated heterocycles. The molecule has 3 heterocycles. The molecular formula is C23H21N5O3. The first kappa shape index (κ1) is 19.2. The van der Waals surface area contributed by atoms with E-state index in [-0.39, 0.29) is 23.9 Å². The molecule has 0 aliphatic carbocycles. The molecule has 4 aromatic rings. The summed E-state index contributed by atoms with van der Waals surface area (Å²) < 4.78 is 7.07. The molecule has 2 aromatic heterocycles. The number of amides is 1. The predicted molar refractivity (Wildman–Crippen MR) is 115 cm³/mol. The Hall–Kier alpha value is -3.81. The largest absolute Gasteiger partial charge is 0.339 e. The van der Waals surface area contributed by atoms with Crippen LogP contribution in [0.15, 0.2) is 63.9 Å². The lowest BCUT2D eigenvalue weighted by Crippen LogP contribution is -2.26. The molecular weight excluding hydrogens is 394 g/mol. The fourth-order valence-corrected chi connectivity index (χ4v) is 4.02. The van der Waals surface area contributed by atoms with Crippen molar-refractivity contribution in [2.75, 3.05) is 11.4 Å². The molecule has 0 saturated carbocycles. The minimum absolute atomic E-state index is 0.0270. The second kappa shape index (κ2) is 7.79. The van der Waals surface area contributed by atoms with E-state index in [1.165, 1.54) is 0 Å². The zero-order valence-electron chi connectivity index (χ0n) is 17.1. The number of rotatable bonds is 5. The van der Waals surface area contributed by atoms with E-state index in [1.807, 2.05) is 55.5 Å². The van der Waals surface area contributed by atoms with Gasteiger partial charge in [-0.15, -0.1) is 0 Å². The Bertz CT molecular complexity index is 1310. The van der Waals surface area contributed by atoms with Gasteiger partial charge in [-0.1, -0.05) is 42.4 Å². The van der Waals surface area contributed by atoms with E-state index in [0.29, 0.717) is 47.8 Å². The second-order valence-electron chi connectivity index (χ2n) is 7.58. The maximum absolute atomic E-state index is 13.0. The van der Waals surface area contributed by atoms with Gasteiger partial charge in [0, 0.05) is 25.1 Å². The van der Waals surface area contributed by atoms with Crippen molar-refractivity contribution in [2.45, 2.75) is 32.2 Å². The summed E-state index contributed by atoms with van der Waals surface area (Å²) in [4.78, 5) is 36.3. The van der Waals surface area contributed by atoms with Crippen molar-refractivity contribution in [3.8, 4) is 0 Å². The van der Waals surface area contributed by atoms with Crippen molar-refractivity contribution in [3.05, 3.63) is 82.5 Å². The van der Waals surface area contributed by atoms with Gasteiger partial charge >= 0.3 is 0 Å². The first-order valence-corrected chi connectivity index (χ1v) is 10.3. The summed E-state index contributed by atoms with van der Waals surface area (Å²) in [7, 11) is 0. The predicted octanol–water partition coefficient (Wildman–Crippen LogP) is 2.91. The number of benzene rings is 2. The number of para-hydroxylation sites is 2. The van der Waals surface area contributed by atoms with Crippen LogP contribution in [-0.2, 0) is 17.8 Å². The van der Waals surface area contributed by atoms with Gasteiger partial charge < -0.3 is 9.42 Å². The number of anilines is 1. The number of hydrogen-bond donors (Lipinski definition) is 0. The molecule has 5 rings (SSSR count). The minimum Gasteiger partial charge on any atom is -0.339 e. The van der Waals surface area contributed by atoms with Gasteiger partial charge in [0.15, 0.2) is 5.82 Å². The lowest BCUT2D eigenvalue weighted by molar-refractivity contribution is -0.117. The van der Waals surface area contributed by atoms with Gasteiger partial charge in [0.1, 0.15) is 5.82 Å². The highest BCUT2D eigenvalue weighted by Crippen LogP contribution is 2.30. The van der Waals surface area contributed by atoms with Crippen LogP contribution in [0.1, 0.15) is 36.8 Å². The maximum atomic E-state index is 13.0. The molecule has 0 bridgehead atoms. The third-order valence-corrected chi connectivity index (χ3v) is 5.58. The average Bonchev–Trinajstić information content (AvgIpc) is 3.42. The summed E-state index contributed by atoms with van der Waals surface area (Å²) in [5, 5.41) is 4.63. The monoisotopic (exact) mass is 415 g/mol. The van der Waals surface area contributed by atoms with E-state index in [2.05, 4.69) is 15.1 Å². The number of aromatic nitrogens is 4. The number of carbonyl (C=O) groups excluding carboxylic acids is 1. The Morgan fingerprint density at radius 2 is 1.81 bits per heavy atom. The van der Waals surface area contributed by atoms with Crippen molar-refractivity contribution in [1.82, 2.24) is 19.7 Å². The van der Waals surface area contributed by atoms with Crippen molar-refractivity contribution in [1.29, 1.82) is 0 Å². The molecule has 0 N–H and O–H groups in total. The zero-order chi connectivity index (χ0) is 21.4. The van der Waals surface area contributed by atoms with Crippen LogP contribution in [0.25, 0.3) is 10.9 Å². The van der Waals surface area contributed by atoms with Gasteiger partial charge in [-0.25, -0.2) is 4.98 Å². The summed E-state index contributed by atoms with van der Waals surface area (Å²) in [5.41, 5.74) is 1.41. The average molecular weight is 415 g/mol. The first-order valence-electron chi connectivity index (χ1n) is 10.3. The fraction of sp³-hybridized carbons (Fsp3) is 0.261. The third kappa shape index (κ3) is 3.50. The lowest BCUT2D eigenvalue weighted by Gasteiger charge is -2.15. The molecule has 156 valence electrons. The van der Waals surface area contributed by atoms with Gasteiger partial charge in [0.2, 0.25) is 11.8 Å². The lowest BCUT2D eigenvalue weighted by atomic mass is 10.1. The van der Waals surface area contributed by atoms with E-state index in [4.69, 9.17) is 4.52 Å². The highest BCUT2D eigenvalue weighted by molar-refractivity contribution is 5.96. The van der Waals surface area contributed by atoms with E-state index in [1.54, 1.807) is 15.5 Å². The molecule has 1 fully saturated rings. The molecule has 1 aliphatic rings. The Balaban J connectivity index is 1.40. The van der Waals surface area contributed by atoms with Crippen LogP contribution in [0, 0.1) is 0 Å². The van der Waals surface area contributed by atoms with Gasteiger partial charge in [-0.3, -0.25) is 14.2 Å². The fourth-order valence-electron chi connectivity index (χ4n) is 4.02. The summed E-state index contributed by atoms with van der Waals surface area (Å²) >= 11 is 0. The summed E-state index contributed by atoms with van der Waals surface area (Å²) in [6.45, 7) is 2.62. The Kier molecular flexibility index (Phi) is 4.82. The van der Waals surface area contributed by atoms with Gasteiger partial charge in [0.25, 0.3) is 5.56 Å². The molecule has 0 spiro atoms. The standard InChI is InChI=1S/C23H21N5O3/c1-2-20-24-18-11-7-6-10-17(18)23(30)28(20)14-19-25-22(31-26-19)15-12-21(29)27(13-15)16-8-4-3-5-9-16/h3-11,15H,2,12-14H2,1H3/t15-/m0/s1. The first-order chi connectivity index (χ1) is 15.1. The molecule has 2 aromatic carbocycles. The minimum atomic E-state index is -0.175. The van der Waals surface area contributed by atoms with E-state index < -0.39 is 0 Å². The molecule has 1 aliphatic heterocycles. The number of fused-ring (bicyclic) bond motifs is 1. The summed E-state index contributed by atoms with van der Waals surface area (Å²) in [6, 6.07) is 16.8. The van der Waals surface area contributed by atoms with Crippen LogP contribution in [0.2, 0.25) is 0 Å². The van der Waals surface area contributed by atoms with Crippen molar-refractivity contribution in [3.63, 3.8) is 0 Å². The topological polar surface area (TPSA) is 94.1 Å². The van der Waals surface area contributed by atoms with E-state index in [0.717, 1.165) is 5.69 Å². The molecule has 8 heteroatoms. The summed E-state index contributed by atoms with van der Waals surface area (Å²) in [5.74, 6) is 1.34. The second-order valence-corrected chi connectivity index (χ2v) is 7.58. The molecule has 1 atom stereocenters. The molecule has 31 heavy (non-hydrogen) atoms. The molecule has 8 nitrogen and oxygen atoms in total. The van der Waals surface area contributed by atoms with Crippen LogP contribution in [-0.4, -0.2) is 32.1 Å². The normalized spacial score (nSPS) is 16.4. The Morgan fingerprint density at radius 1 is 1.03 bits per heavy atom. The third-order valence-electron chi connectivity index (χ3n) is 5.58. The number of nitrogens with zero attached hydrogens (tertiary/aromatic N) is 5. The number of hydrogen-bond acceptors (Lipinski definition) is 6. The highest BCUT2D eigenvalue weighted by Gasteiger charge is 2.35. The van der Waals surface area contributed by atoms with Crippen molar-refractivity contribution >= 4 is 22.5 Å². The van der Waals surface area contributed by atoms with Crippen LogP contribution < -0.4 is 10.5 Å². The number of aryl methyl sites for hydroxylation is 1. The zero-order valence-corrected chi connectivity index (χ0v) is 17.1. The van der Waals surface area contributed by atoms with Crippen LogP contribution in [0.4, 0.5) is 5.69 Å². The molecule has 0 unspecified atom stereocenters. The maximum Gasteiger partial charge on any atom is 0.261 e. The Morgan fingerprint density at radius 3 is 2.61 bits per heavy atom. The van der Waals surface area contributed by atoms with E-state index >= 15 is 0 Å². The van der Waals surface area contributed by atoms with Crippen molar-refractivity contribution < 1.29 is 9.32 Å². The van der Waals surface area contributed by atoms with Crippen LogP contribution in [0.3, 0.4) is 0 Å². The van der Waals surface area contributed by atoms with Gasteiger partial charge in [-0.05, 0) is 24.3 Å². The van der Waals surface area contributed by atoms with Gasteiger partial charge in [0.05, 0.1) is 23.4 Å². The van der Waals surface area contributed by atoms with Gasteiger partial charge in [-0.2, -0.15) is 4.98 Å². The molecule has 0 radical (unpaired) electrons. The van der Waals surface area contributed by atoms with Crippen molar-refractivity contribution in [2.24, 2.45) is 0 Å². The highest BCUT2D eigenvalue weighted by atomic mass is 16.5.